The number of hydrogen-bond acceptors (Lipinski definition) is 3. The topological polar surface area (TPSA) is 75.4 Å². The molecule has 3 N–H and O–H groups in total. The molecule has 1 aromatic carbocycles. The van der Waals surface area contributed by atoms with Crippen LogP contribution >= 0.6 is 0 Å². The molecular weight excluding hydrogens is 249 g/mol. The van der Waals surface area contributed by atoms with Crippen molar-refractivity contribution in [3.8, 4) is 0 Å². The smallest absolute Gasteiger partial charge is 0.325 e. The molecule has 0 atom stereocenters. The Hall–Kier alpha value is -1.95. The second kappa shape index (κ2) is 4.62. The Morgan fingerprint density at radius 2 is 2.11 bits per heavy atom. The molecule has 1 heterocycles. The number of imide groups is 1. The summed E-state index contributed by atoms with van der Waals surface area (Å²) in [7, 11) is 0. The number of rotatable bonds is 3. The van der Waals surface area contributed by atoms with Crippen LogP contribution in [-0.2, 0) is 11.2 Å². The molecular formula is C13H16FN3O2. The summed E-state index contributed by atoms with van der Waals surface area (Å²) in [6.45, 7) is 3.59. The number of nitrogens with zero attached hydrogens (tertiary/aromatic N) is 1. The molecule has 1 fully saturated rings. The van der Waals surface area contributed by atoms with E-state index in [0.29, 0.717) is 12.1 Å². The zero-order valence-corrected chi connectivity index (χ0v) is 10.9. The number of halogens is 1. The maximum atomic E-state index is 13.4. The maximum Gasteiger partial charge on any atom is 0.329 e. The Balaban J connectivity index is 2.40. The fourth-order valence-electron chi connectivity index (χ4n) is 2.06. The molecule has 5 nitrogen and oxygen atoms in total. The molecule has 0 unspecified atom stereocenters. The van der Waals surface area contributed by atoms with Gasteiger partial charge in [0.15, 0.2) is 0 Å². The summed E-state index contributed by atoms with van der Waals surface area (Å²) in [6.07, 6.45) is 0.473. The number of carbonyl (C=O) groups is 2. The van der Waals surface area contributed by atoms with E-state index in [9.17, 15) is 14.0 Å². The summed E-state index contributed by atoms with van der Waals surface area (Å²) >= 11 is 0. The second-order valence-corrected chi connectivity index (χ2v) is 5.38. The summed E-state index contributed by atoms with van der Waals surface area (Å²) in [5.74, 6) is -0.854. The molecule has 1 aliphatic rings. The van der Waals surface area contributed by atoms with E-state index in [1.165, 1.54) is 17.0 Å². The van der Waals surface area contributed by atoms with Gasteiger partial charge in [0.05, 0.1) is 5.69 Å². The second-order valence-electron chi connectivity index (χ2n) is 5.38. The van der Waals surface area contributed by atoms with Gasteiger partial charge in [-0.05, 0) is 38.0 Å². The van der Waals surface area contributed by atoms with Crippen LogP contribution in [0, 0.1) is 5.82 Å². The van der Waals surface area contributed by atoms with E-state index in [-0.39, 0.29) is 6.54 Å². The highest BCUT2D eigenvalue weighted by Crippen LogP contribution is 2.26. The Kier molecular flexibility index (Phi) is 3.28. The van der Waals surface area contributed by atoms with Crippen molar-refractivity contribution in [1.82, 2.24) is 5.32 Å². The predicted molar refractivity (Wildman–Crippen MR) is 69.3 cm³/mol. The molecule has 0 saturated carbocycles. The summed E-state index contributed by atoms with van der Waals surface area (Å²) in [4.78, 5) is 24.1. The highest BCUT2D eigenvalue weighted by atomic mass is 19.1. The number of hydrogen-bond donors (Lipinski definition) is 2. The Morgan fingerprint density at radius 3 is 2.63 bits per heavy atom. The Labute approximate surface area is 110 Å². The first kappa shape index (κ1) is 13.5. The molecule has 0 aliphatic carbocycles. The molecule has 2 rings (SSSR count). The SMILES string of the molecule is CC(C)(N)Cc1ccc(F)cc1N1CC(=O)NC1=O. The third-order valence-electron chi connectivity index (χ3n) is 2.78. The highest BCUT2D eigenvalue weighted by Gasteiger charge is 2.30. The summed E-state index contributed by atoms with van der Waals surface area (Å²) in [5, 5.41) is 2.17. The minimum Gasteiger partial charge on any atom is -0.325 e. The lowest BCUT2D eigenvalue weighted by atomic mass is 9.94. The van der Waals surface area contributed by atoms with Crippen molar-refractivity contribution in [3.63, 3.8) is 0 Å². The zero-order valence-electron chi connectivity index (χ0n) is 10.9. The van der Waals surface area contributed by atoms with Gasteiger partial charge in [0.2, 0.25) is 5.91 Å². The maximum absolute atomic E-state index is 13.4. The average molecular weight is 265 g/mol. The largest absolute Gasteiger partial charge is 0.329 e. The van der Waals surface area contributed by atoms with Crippen molar-refractivity contribution in [3.05, 3.63) is 29.6 Å². The van der Waals surface area contributed by atoms with Crippen molar-refractivity contribution in [2.45, 2.75) is 25.8 Å². The first-order valence-corrected chi connectivity index (χ1v) is 5.95. The predicted octanol–water partition coefficient (Wildman–Crippen LogP) is 1.16. The lowest BCUT2D eigenvalue weighted by molar-refractivity contribution is -0.117. The van der Waals surface area contributed by atoms with Crippen molar-refractivity contribution >= 4 is 17.6 Å². The molecule has 1 aliphatic heterocycles. The molecule has 0 bridgehead atoms. The van der Waals surface area contributed by atoms with Crippen LogP contribution in [-0.4, -0.2) is 24.0 Å². The molecule has 6 heteroatoms. The molecule has 0 spiro atoms. The lowest BCUT2D eigenvalue weighted by Gasteiger charge is -2.23. The minimum atomic E-state index is -0.535. The van der Waals surface area contributed by atoms with Gasteiger partial charge < -0.3 is 5.73 Å². The van der Waals surface area contributed by atoms with Gasteiger partial charge in [-0.25, -0.2) is 9.18 Å². The van der Waals surface area contributed by atoms with Gasteiger partial charge >= 0.3 is 6.03 Å². The molecule has 19 heavy (non-hydrogen) atoms. The summed E-state index contributed by atoms with van der Waals surface area (Å²) < 4.78 is 13.4. The molecule has 102 valence electrons. The summed E-state index contributed by atoms with van der Waals surface area (Å²) in [6, 6.07) is 3.63. The van der Waals surface area contributed by atoms with Crippen LogP contribution in [0.15, 0.2) is 18.2 Å². The number of benzene rings is 1. The highest BCUT2D eigenvalue weighted by molar-refractivity contribution is 6.12. The molecule has 1 aromatic rings. The third-order valence-corrected chi connectivity index (χ3v) is 2.78. The fourth-order valence-corrected chi connectivity index (χ4v) is 2.06. The van der Waals surface area contributed by atoms with E-state index in [1.54, 1.807) is 6.07 Å². The summed E-state index contributed by atoms with van der Waals surface area (Å²) in [5.41, 5.74) is 6.59. The van der Waals surface area contributed by atoms with E-state index in [2.05, 4.69) is 5.32 Å². The van der Waals surface area contributed by atoms with Gasteiger partial charge in [-0.3, -0.25) is 15.0 Å². The minimum absolute atomic E-state index is 0.0969. The quantitative estimate of drug-likeness (QED) is 0.805. The molecule has 1 saturated heterocycles. The van der Waals surface area contributed by atoms with Gasteiger partial charge in [-0.15, -0.1) is 0 Å². The van der Waals surface area contributed by atoms with Crippen molar-refractivity contribution in [2.75, 3.05) is 11.4 Å². The number of carbonyl (C=O) groups excluding carboxylic acids is 2. The zero-order chi connectivity index (χ0) is 14.2. The van der Waals surface area contributed by atoms with Crippen LogP contribution < -0.4 is 16.0 Å². The van der Waals surface area contributed by atoms with Crippen molar-refractivity contribution < 1.29 is 14.0 Å². The van der Waals surface area contributed by atoms with E-state index in [0.717, 1.165) is 5.56 Å². The molecule has 3 amide bonds. The Morgan fingerprint density at radius 1 is 1.42 bits per heavy atom. The first-order valence-electron chi connectivity index (χ1n) is 5.95. The van der Waals surface area contributed by atoms with Gasteiger partial charge in [0, 0.05) is 5.54 Å². The van der Waals surface area contributed by atoms with Crippen LogP contribution in [0.3, 0.4) is 0 Å². The van der Waals surface area contributed by atoms with Crippen molar-refractivity contribution in [1.29, 1.82) is 0 Å². The average Bonchev–Trinajstić information content (AvgIpc) is 2.58. The first-order chi connectivity index (χ1) is 8.76. The number of nitrogens with two attached hydrogens (primary N) is 1. The fraction of sp³-hybridized carbons (Fsp3) is 0.385. The normalized spacial score (nSPS) is 15.9. The number of anilines is 1. The van der Waals surface area contributed by atoms with Gasteiger partial charge in [-0.1, -0.05) is 6.07 Å². The lowest BCUT2D eigenvalue weighted by Crippen LogP contribution is -2.36. The third kappa shape index (κ3) is 3.08. The number of amides is 3. The van der Waals surface area contributed by atoms with Gasteiger partial charge in [-0.2, -0.15) is 0 Å². The number of urea groups is 1. The van der Waals surface area contributed by atoms with E-state index >= 15 is 0 Å². The molecule has 0 aromatic heterocycles. The van der Waals surface area contributed by atoms with Gasteiger partial charge in [0.25, 0.3) is 0 Å². The van der Waals surface area contributed by atoms with Crippen LogP contribution in [0.5, 0.6) is 0 Å². The number of nitrogens with one attached hydrogen (secondary N) is 1. The molecule has 0 radical (unpaired) electrons. The van der Waals surface area contributed by atoms with E-state index < -0.39 is 23.3 Å². The van der Waals surface area contributed by atoms with Gasteiger partial charge in [0.1, 0.15) is 12.4 Å². The Bertz CT molecular complexity index is 537. The monoisotopic (exact) mass is 265 g/mol. The van der Waals surface area contributed by atoms with Crippen LogP contribution in [0.1, 0.15) is 19.4 Å². The van der Waals surface area contributed by atoms with E-state index in [4.69, 9.17) is 5.73 Å². The van der Waals surface area contributed by atoms with Crippen molar-refractivity contribution in [2.24, 2.45) is 5.73 Å². The van der Waals surface area contributed by atoms with E-state index in [1.807, 2.05) is 13.8 Å². The van der Waals surface area contributed by atoms with Crippen LogP contribution in [0.2, 0.25) is 0 Å². The van der Waals surface area contributed by atoms with Crippen LogP contribution in [0.25, 0.3) is 0 Å². The standard InChI is InChI=1S/C13H16FN3O2/c1-13(2,15)6-8-3-4-9(14)5-10(8)17-7-11(18)16-12(17)19/h3-5H,6-7,15H2,1-2H3,(H,16,18,19). The van der Waals surface area contributed by atoms with Crippen LogP contribution in [0.4, 0.5) is 14.9 Å².